The Hall–Kier alpha value is -1.89. The van der Waals surface area contributed by atoms with Crippen molar-refractivity contribution in [2.24, 2.45) is 4.99 Å². The fourth-order valence-corrected chi connectivity index (χ4v) is 2.19. The van der Waals surface area contributed by atoms with E-state index in [0.717, 1.165) is 41.3 Å². The molecule has 2 aromatic rings. The molecule has 1 aromatic carbocycles. The van der Waals surface area contributed by atoms with E-state index in [-0.39, 0.29) is 0 Å². The topological polar surface area (TPSA) is 78.0 Å². The highest BCUT2D eigenvalue weighted by atomic mass is 79.9. The van der Waals surface area contributed by atoms with Crippen molar-refractivity contribution < 1.29 is 0 Å². The Morgan fingerprint density at radius 3 is 2.85 bits per heavy atom. The predicted molar refractivity (Wildman–Crippen MR) is 81.3 cm³/mol. The number of aliphatic imine (C=N–C) groups is 1. The molecular formula is C13H15BrN6. The minimum Gasteiger partial charge on any atom is -0.356 e. The molecule has 20 heavy (non-hydrogen) atoms. The first-order valence-corrected chi connectivity index (χ1v) is 7.30. The first-order chi connectivity index (χ1) is 9.81. The summed E-state index contributed by atoms with van der Waals surface area (Å²) in [7, 11) is 0. The minimum absolute atomic E-state index is 0.579. The third kappa shape index (κ3) is 3.16. The summed E-state index contributed by atoms with van der Waals surface area (Å²) in [4.78, 5) is 8.81. The molecular weight excluding hydrogens is 320 g/mol. The van der Waals surface area contributed by atoms with Crippen LogP contribution in [0.15, 0.2) is 33.7 Å². The third-order valence-corrected chi connectivity index (χ3v) is 3.48. The number of nitrogens with one attached hydrogen (secondary N) is 3. The summed E-state index contributed by atoms with van der Waals surface area (Å²) >= 11 is 3.41. The number of hydrogen-bond acceptors (Lipinski definition) is 5. The molecule has 3 N–H and O–H groups in total. The largest absolute Gasteiger partial charge is 0.356 e. The summed E-state index contributed by atoms with van der Waals surface area (Å²) in [5.74, 6) is 2.32. The van der Waals surface area contributed by atoms with Gasteiger partial charge in [0.1, 0.15) is 5.82 Å². The van der Waals surface area contributed by atoms with E-state index in [0.29, 0.717) is 12.4 Å². The molecule has 0 radical (unpaired) electrons. The van der Waals surface area contributed by atoms with Crippen molar-refractivity contribution >= 4 is 21.9 Å². The maximum absolute atomic E-state index is 4.47. The van der Waals surface area contributed by atoms with Gasteiger partial charge in [0.25, 0.3) is 0 Å². The smallest absolute Gasteiger partial charge is 0.191 e. The molecule has 6 nitrogen and oxygen atoms in total. The minimum atomic E-state index is 0.579. The van der Waals surface area contributed by atoms with E-state index < -0.39 is 0 Å². The molecule has 0 aliphatic carbocycles. The molecule has 2 heterocycles. The molecule has 0 amide bonds. The quantitative estimate of drug-likeness (QED) is 0.797. The highest BCUT2D eigenvalue weighted by Crippen LogP contribution is 2.18. The van der Waals surface area contributed by atoms with Crippen molar-refractivity contribution in [3.8, 4) is 11.4 Å². The van der Waals surface area contributed by atoms with Crippen LogP contribution in [0.5, 0.6) is 0 Å². The fraction of sp³-hybridized carbons (Fsp3) is 0.308. The summed E-state index contributed by atoms with van der Waals surface area (Å²) in [6.45, 7) is 2.41. The SMILES string of the molecule is Brc1ccc(-c2n[nH]c(CNC3=NCCCN3)n2)cc1. The molecule has 7 heteroatoms. The Kier molecular flexibility index (Phi) is 3.96. The Morgan fingerprint density at radius 1 is 1.25 bits per heavy atom. The molecule has 0 saturated carbocycles. The van der Waals surface area contributed by atoms with Crippen molar-refractivity contribution in [1.82, 2.24) is 25.8 Å². The van der Waals surface area contributed by atoms with E-state index in [9.17, 15) is 0 Å². The number of aromatic nitrogens is 3. The van der Waals surface area contributed by atoms with E-state index in [1.165, 1.54) is 0 Å². The molecule has 0 saturated heterocycles. The second-order valence-corrected chi connectivity index (χ2v) is 5.39. The lowest BCUT2D eigenvalue weighted by atomic mass is 10.2. The zero-order chi connectivity index (χ0) is 13.8. The van der Waals surface area contributed by atoms with Gasteiger partial charge in [0.05, 0.1) is 6.54 Å². The van der Waals surface area contributed by atoms with Crippen LogP contribution in [0.3, 0.4) is 0 Å². The molecule has 1 aromatic heterocycles. The lowest BCUT2D eigenvalue weighted by Crippen LogP contribution is -2.40. The average molecular weight is 335 g/mol. The van der Waals surface area contributed by atoms with Crippen molar-refractivity contribution in [1.29, 1.82) is 0 Å². The van der Waals surface area contributed by atoms with Gasteiger partial charge in [0.2, 0.25) is 0 Å². The Labute approximate surface area is 125 Å². The number of nitrogens with zero attached hydrogens (tertiary/aromatic N) is 3. The molecule has 0 bridgehead atoms. The van der Waals surface area contributed by atoms with Gasteiger partial charge in [0.15, 0.2) is 11.8 Å². The number of aromatic amines is 1. The van der Waals surface area contributed by atoms with E-state index in [1.807, 2.05) is 24.3 Å². The van der Waals surface area contributed by atoms with Gasteiger partial charge in [-0.2, -0.15) is 5.10 Å². The van der Waals surface area contributed by atoms with Gasteiger partial charge in [-0.25, -0.2) is 4.98 Å². The molecule has 1 aliphatic heterocycles. The lowest BCUT2D eigenvalue weighted by molar-refractivity contribution is 0.693. The second-order valence-electron chi connectivity index (χ2n) is 4.48. The Bertz CT molecular complexity index is 604. The monoisotopic (exact) mass is 334 g/mol. The number of hydrogen-bond donors (Lipinski definition) is 3. The summed E-state index contributed by atoms with van der Waals surface area (Å²) in [6.07, 6.45) is 1.08. The summed E-state index contributed by atoms with van der Waals surface area (Å²) in [5, 5.41) is 13.6. The summed E-state index contributed by atoms with van der Waals surface area (Å²) in [5.41, 5.74) is 0.990. The fourth-order valence-electron chi connectivity index (χ4n) is 1.92. The number of guanidine groups is 1. The van der Waals surface area contributed by atoms with Crippen LogP contribution in [0.2, 0.25) is 0 Å². The standard InChI is InChI=1S/C13H15BrN6/c14-10-4-2-9(3-5-10)12-18-11(19-20-12)8-17-13-15-6-1-7-16-13/h2-5H,1,6-8H2,(H2,15,16,17)(H,18,19,20). The van der Waals surface area contributed by atoms with Crippen molar-refractivity contribution in [3.63, 3.8) is 0 Å². The van der Waals surface area contributed by atoms with Gasteiger partial charge in [-0.1, -0.05) is 28.1 Å². The van der Waals surface area contributed by atoms with E-state index in [4.69, 9.17) is 0 Å². The number of benzene rings is 1. The molecule has 0 spiro atoms. The van der Waals surface area contributed by atoms with Crippen molar-refractivity contribution in [2.75, 3.05) is 13.1 Å². The number of rotatable bonds is 3. The van der Waals surface area contributed by atoms with Gasteiger partial charge < -0.3 is 10.6 Å². The van der Waals surface area contributed by atoms with Gasteiger partial charge in [-0.3, -0.25) is 10.1 Å². The van der Waals surface area contributed by atoms with E-state index in [2.05, 4.69) is 46.7 Å². The highest BCUT2D eigenvalue weighted by molar-refractivity contribution is 9.10. The van der Waals surface area contributed by atoms with Crippen LogP contribution in [-0.2, 0) is 6.54 Å². The van der Waals surface area contributed by atoms with Gasteiger partial charge in [-0.05, 0) is 18.6 Å². The van der Waals surface area contributed by atoms with E-state index >= 15 is 0 Å². The van der Waals surface area contributed by atoms with Crippen molar-refractivity contribution in [2.45, 2.75) is 13.0 Å². The second kappa shape index (κ2) is 6.04. The van der Waals surface area contributed by atoms with Crippen LogP contribution >= 0.6 is 15.9 Å². The predicted octanol–water partition coefficient (Wildman–Crippen LogP) is 1.67. The maximum atomic E-state index is 4.47. The lowest BCUT2D eigenvalue weighted by Gasteiger charge is -2.14. The highest BCUT2D eigenvalue weighted by Gasteiger charge is 2.07. The number of halogens is 1. The molecule has 0 fully saturated rings. The molecule has 3 rings (SSSR count). The van der Waals surface area contributed by atoms with Crippen LogP contribution in [0, 0.1) is 0 Å². The normalized spacial score (nSPS) is 14.6. The first kappa shape index (κ1) is 13.1. The van der Waals surface area contributed by atoms with Gasteiger partial charge >= 0.3 is 0 Å². The molecule has 0 unspecified atom stereocenters. The zero-order valence-corrected chi connectivity index (χ0v) is 12.4. The van der Waals surface area contributed by atoms with E-state index in [1.54, 1.807) is 0 Å². The summed E-state index contributed by atoms with van der Waals surface area (Å²) < 4.78 is 1.04. The molecule has 1 aliphatic rings. The summed E-state index contributed by atoms with van der Waals surface area (Å²) in [6, 6.07) is 7.92. The van der Waals surface area contributed by atoms with Crippen molar-refractivity contribution in [3.05, 3.63) is 34.6 Å². The van der Waals surface area contributed by atoms with Gasteiger partial charge in [0, 0.05) is 23.1 Å². The Balaban J connectivity index is 1.64. The third-order valence-electron chi connectivity index (χ3n) is 2.95. The van der Waals surface area contributed by atoms with Crippen LogP contribution in [0.1, 0.15) is 12.2 Å². The van der Waals surface area contributed by atoms with Crippen LogP contribution in [-0.4, -0.2) is 34.2 Å². The van der Waals surface area contributed by atoms with Gasteiger partial charge in [-0.15, -0.1) is 0 Å². The first-order valence-electron chi connectivity index (χ1n) is 6.51. The van der Waals surface area contributed by atoms with Crippen LogP contribution in [0.25, 0.3) is 11.4 Å². The van der Waals surface area contributed by atoms with Crippen LogP contribution in [0.4, 0.5) is 0 Å². The van der Waals surface area contributed by atoms with Crippen LogP contribution < -0.4 is 10.6 Å². The maximum Gasteiger partial charge on any atom is 0.191 e. The molecule has 0 atom stereocenters. The average Bonchev–Trinajstić information content (AvgIpc) is 2.96. The Morgan fingerprint density at radius 2 is 2.10 bits per heavy atom. The zero-order valence-electron chi connectivity index (χ0n) is 10.9. The molecule has 104 valence electrons. The number of H-pyrrole nitrogens is 1.